The molecule has 0 saturated heterocycles. The minimum atomic E-state index is 0.248. The summed E-state index contributed by atoms with van der Waals surface area (Å²) in [7, 11) is 0. The van der Waals surface area contributed by atoms with E-state index in [2.05, 4.69) is 41.5 Å². The van der Waals surface area contributed by atoms with Crippen LogP contribution in [0, 0.1) is 52.3 Å². The predicted molar refractivity (Wildman–Crippen MR) is 123 cm³/mol. The maximum atomic E-state index is 13.6. The van der Waals surface area contributed by atoms with E-state index in [1.54, 1.807) is 6.92 Å². The fourth-order valence-electron chi connectivity index (χ4n) is 7.88. The normalized spacial score (nSPS) is 41.6. The van der Waals surface area contributed by atoms with Crippen LogP contribution in [0.3, 0.4) is 0 Å². The summed E-state index contributed by atoms with van der Waals surface area (Å²) in [6.07, 6.45) is 7.69. The van der Waals surface area contributed by atoms with E-state index in [1.165, 1.54) is 25.7 Å². The topological polar surface area (TPSA) is 34.1 Å². The van der Waals surface area contributed by atoms with Crippen LogP contribution in [0.2, 0.25) is 0 Å². The molecule has 29 heavy (non-hydrogen) atoms. The maximum absolute atomic E-state index is 13.6. The van der Waals surface area contributed by atoms with Crippen molar-refractivity contribution in [2.24, 2.45) is 52.3 Å². The van der Waals surface area contributed by atoms with E-state index in [0.717, 1.165) is 12.8 Å². The number of fused-ring (bicyclic) bond motifs is 3. The highest BCUT2D eigenvalue weighted by Crippen LogP contribution is 2.66. The van der Waals surface area contributed by atoms with Crippen LogP contribution in [0.25, 0.3) is 0 Å². The highest BCUT2D eigenvalue weighted by atomic mass is 16.1. The zero-order valence-corrected chi connectivity index (χ0v) is 20.8. The van der Waals surface area contributed by atoms with Crippen molar-refractivity contribution >= 4 is 11.6 Å². The highest BCUT2D eigenvalue weighted by molar-refractivity contribution is 5.85. The van der Waals surface area contributed by atoms with Gasteiger partial charge in [0.25, 0.3) is 0 Å². The second-order valence-electron chi connectivity index (χ2n) is 11.2. The molecule has 0 N–H and O–H groups in total. The van der Waals surface area contributed by atoms with E-state index in [-0.39, 0.29) is 17.3 Å². The van der Waals surface area contributed by atoms with Gasteiger partial charge in [-0.1, -0.05) is 55.4 Å². The van der Waals surface area contributed by atoms with Crippen LogP contribution in [0.4, 0.5) is 0 Å². The van der Waals surface area contributed by atoms with Crippen molar-refractivity contribution in [3.05, 3.63) is 0 Å². The molecule has 2 nitrogen and oxygen atoms in total. The Labute approximate surface area is 181 Å². The van der Waals surface area contributed by atoms with Crippen LogP contribution in [-0.2, 0) is 9.59 Å². The Morgan fingerprint density at radius 1 is 1.10 bits per heavy atom. The molecule has 0 aliphatic heterocycles. The van der Waals surface area contributed by atoms with Crippen molar-refractivity contribution in [3.8, 4) is 0 Å². The van der Waals surface area contributed by atoms with Gasteiger partial charge in [0.15, 0.2) is 0 Å². The zero-order chi connectivity index (χ0) is 22.1. The number of hydrogen-bond acceptors (Lipinski definition) is 2. The molecule has 0 radical (unpaired) electrons. The van der Waals surface area contributed by atoms with Crippen LogP contribution in [0.5, 0.6) is 0 Å². The van der Waals surface area contributed by atoms with Crippen LogP contribution in [0.1, 0.15) is 107 Å². The molecule has 0 spiro atoms. The Morgan fingerprint density at radius 2 is 1.72 bits per heavy atom. The third kappa shape index (κ3) is 4.11. The Kier molecular flexibility index (Phi) is 7.83. The summed E-state index contributed by atoms with van der Waals surface area (Å²) in [6.45, 7) is 20.0. The van der Waals surface area contributed by atoms with Crippen molar-refractivity contribution in [3.63, 3.8) is 0 Å². The van der Waals surface area contributed by atoms with Crippen LogP contribution >= 0.6 is 0 Å². The van der Waals surface area contributed by atoms with E-state index in [0.29, 0.717) is 53.0 Å². The van der Waals surface area contributed by atoms with Gasteiger partial charge in [-0.25, -0.2) is 0 Å². The first-order valence-electron chi connectivity index (χ1n) is 12.6. The average Bonchev–Trinajstić information content (AvgIpc) is 3.03. The van der Waals surface area contributed by atoms with Gasteiger partial charge in [0.1, 0.15) is 11.6 Å². The lowest BCUT2D eigenvalue weighted by Gasteiger charge is -2.59. The van der Waals surface area contributed by atoms with Crippen molar-refractivity contribution in [2.45, 2.75) is 107 Å². The lowest BCUT2D eigenvalue weighted by Crippen LogP contribution is -2.57. The number of carbonyl (C=O) groups excluding carboxylic acids is 2. The summed E-state index contributed by atoms with van der Waals surface area (Å²) in [4.78, 5) is 25.1. The molecule has 6 unspecified atom stereocenters. The smallest absolute Gasteiger partial charge is 0.139 e. The lowest BCUT2D eigenvalue weighted by molar-refractivity contribution is -0.159. The number of rotatable bonds is 5. The summed E-state index contributed by atoms with van der Waals surface area (Å²) in [5.41, 5.74) is 0.556. The van der Waals surface area contributed by atoms with E-state index in [1.807, 2.05) is 13.8 Å². The van der Waals surface area contributed by atoms with Crippen LogP contribution in [-0.4, -0.2) is 11.6 Å². The first-order chi connectivity index (χ1) is 13.6. The van der Waals surface area contributed by atoms with Gasteiger partial charge in [0, 0.05) is 18.3 Å². The Hall–Kier alpha value is -0.660. The van der Waals surface area contributed by atoms with Gasteiger partial charge in [0.05, 0.1) is 0 Å². The monoisotopic (exact) mass is 404 g/mol. The zero-order valence-electron chi connectivity index (χ0n) is 20.8. The Bertz CT molecular complexity index is 591. The fourth-order valence-corrected chi connectivity index (χ4v) is 7.88. The SMILES string of the molecule is CC.CC[C@H]1C(=O)C2C(CCC3(C)C2CCC3[C@H](C)CCC(C)=O)C(C)(C)C1C. The van der Waals surface area contributed by atoms with Gasteiger partial charge in [-0.2, -0.15) is 0 Å². The largest absolute Gasteiger partial charge is 0.300 e. The van der Waals surface area contributed by atoms with Crippen molar-refractivity contribution in [1.29, 1.82) is 0 Å². The van der Waals surface area contributed by atoms with Crippen molar-refractivity contribution in [1.82, 2.24) is 0 Å². The number of carbonyl (C=O) groups is 2. The molecule has 3 fully saturated rings. The molecule has 0 bridgehead atoms. The first-order valence-corrected chi connectivity index (χ1v) is 12.6. The minimum absolute atomic E-state index is 0.248. The van der Waals surface area contributed by atoms with Crippen molar-refractivity contribution in [2.75, 3.05) is 0 Å². The third-order valence-corrected chi connectivity index (χ3v) is 9.85. The summed E-state index contributed by atoms with van der Waals surface area (Å²) in [6, 6.07) is 0. The number of ketones is 2. The molecule has 3 saturated carbocycles. The molecule has 0 amide bonds. The van der Waals surface area contributed by atoms with E-state index < -0.39 is 0 Å². The summed E-state index contributed by atoms with van der Waals surface area (Å²) < 4.78 is 0. The lowest BCUT2D eigenvalue weighted by atomic mass is 9.45. The van der Waals surface area contributed by atoms with Gasteiger partial charge < -0.3 is 4.79 Å². The average molecular weight is 405 g/mol. The molecule has 0 aromatic carbocycles. The second-order valence-corrected chi connectivity index (χ2v) is 11.2. The molecule has 3 rings (SSSR count). The minimum Gasteiger partial charge on any atom is -0.300 e. The van der Waals surface area contributed by atoms with E-state index in [4.69, 9.17) is 0 Å². The second kappa shape index (κ2) is 9.23. The maximum Gasteiger partial charge on any atom is 0.139 e. The summed E-state index contributed by atoms with van der Waals surface area (Å²) >= 11 is 0. The molecule has 0 aromatic heterocycles. The molecular weight excluding hydrogens is 356 g/mol. The quantitative estimate of drug-likeness (QED) is 0.480. The molecular formula is C27H48O2. The number of Topliss-reactive ketones (excluding diaryl/α,β-unsaturated/α-hetero) is 2. The molecule has 0 heterocycles. The third-order valence-electron chi connectivity index (χ3n) is 9.85. The van der Waals surface area contributed by atoms with Gasteiger partial charge in [-0.3, -0.25) is 4.79 Å². The van der Waals surface area contributed by atoms with E-state index in [9.17, 15) is 9.59 Å². The van der Waals surface area contributed by atoms with Crippen LogP contribution in [0.15, 0.2) is 0 Å². The van der Waals surface area contributed by atoms with Gasteiger partial charge in [-0.15, -0.1) is 0 Å². The molecule has 2 heteroatoms. The standard InChI is InChI=1S/C25H42O2.C2H6/c1-8-18-17(4)24(5,6)20-13-14-25(7)19(15(2)9-10-16(3)26)11-12-21(25)22(20)23(18)27;1-2/h15,17-22H,8-14H2,1-7H3;1-2H3/t15-,17?,18-,19?,20?,21?,22?,25?;/m1./s1. The number of hydrogen-bond donors (Lipinski definition) is 0. The Balaban J connectivity index is 0.00000145. The van der Waals surface area contributed by atoms with Crippen LogP contribution < -0.4 is 0 Å². The summed E-state index contributed by atoms with van der Waals surface area (Å²) in [5.74, 6) is 4.33. The summed E-state index contributed by atoms with van der Waals surface area (Å²) in [5, 5.41) is 0. The highest BCUT2D eigenvalue weighted by Gasteiger charge is 2.62. The van der Waals surface area contributed by atoms with Gasteiger partial charge >= 0.3 is 0 Å². The van der Waals surface area contributed by atoms with E-state index >= 15 is 0 Å². The van der Waals surface area contributed by atoms with Crippen molar-refractivity contribution < 1.29 is 9.59 Å². The molecule has 0 aromatic rings. The first kappa shape index (κ1) is 24.6. The molecule has 8 atom stereocenters. The molecule has 3 aliphatic carbocycles. The molecule has 168 valence electrons. The predicted octanol–water partition coefficient (Wildman–Crippen LogP) is 7.35. The fraction of sp³-hybridized carbons (Fsp3) is 0.926. The molecule has 3 aliphatic rings. The van der Waals surface area contributed by atoms with Gasteiger partial charge in [0.2, 0.25) is 0 Å². The Morgan fingerprint density at radius 3 is 2.28 bits per heavy atom. The van der Waals surface area contributed by atoms with Gasteiger partial charge in [-0.05, 0) is 85.9 Å².